The fourth-order valence-corrected chi connectivity index (χ4v) is 3.96. The second-order valence-electron chi connectivity index (χ2n) is 7.62. The quantitative estimate of drug-likeness (QED) is 0.387. The van der Waals surface area contributed by atoms with E-state index in [1.165, 1.54) is 18.1 Å². The summed E-state index contributed by atoms with van der Waals surface area (Å²) in [5.41, 5.74) is 5.03. The molecule has 0 unspecified atom stereocenters. The molecular weight excluding hydrogens is 454 g/mol. The van der Waals surface area contributed by atoms with Gasteiger partial charge in [0.15, 0.2) is 0 Å². The largest absolute Gasteiger partial charge is 0.496 e. The van der Waals surface area contributed by atoms with E-state index >= 15 is 0 Å². The van der Waals surface area contributed by atoms with Gasteiger partial charge in [0, 0.05) is 19.2 Å². The molecule has 0 aliphatic heterocycles. The lowest BCUT2D eigenvalue weighted by Crippen LogP contribution is -2.23. The molecule has 0 saturated carbocycles. The predicted octanol–water partition coefficient (Wildman–Crippen LogP) is 3.65. The molecule has 5 rings (SSSR count). The Bertz CT molecular complexity index is 1450. The third-order valence-corrected chi connectivity index (χ3v) is 5.77. The van der Waals surface area contributed by atoms with Crippen LogP contribution < -0.4 is 10.1 Å². The molecule has 0 spiro atoms. The molecule has 34 heavy (non-hydrogen) atoms. The summed E-state index contributed by atoms with van der Waals surface area (Å²) in [6, 6.07) is 19.3. The first-order valence-electron chi connectivity index (χ1n) is 10.5. The highest BCUT2D eigenvalue weighted by atomic mass is 35.5. The van der Waals surface area contributed by atoms with E-state index in [9.17, 15) is 4.79 Å². The van der Waals surface area contributed by atoms with Crippen molar-refractivity contribution in [2.45, 2.75) is 13.1 Å². The number of tetrazole rings is 1. The molecule has 0 fully saturated rings. The highest BCUT2D eigenvalue weighted by Gasteiger charge is 2.17. The van der Waals surface area contributed by atoms with Crippen LogP contribution in [-0.4, -0.2) is 42.8 Å². The fraction of sp³-hybridized carbons (Fsp3) is 0.125. The zero-order valence-electron chi connectivity index (χ0n) is 18.2. The van der Waals surface area contributed by atoms with Crippen LogP contribution in [0.4, 0.5) is 0 Å². The minimum absolute atomic E-state index is 0.295. The van der Waals surface area contributed by atoms with E-state index in [1.807, 2.05) is 36.7 Å². The molecule has 5 aromatic rings. The van der Waals surface area contributed by atoms with Gasteiger partial charge in [-0.1, -0.05) is 48.0 Å². The summed E-state index contributed by atoms with van der Waals surface area (Å²) in [6.45, 7) is 1.08. The van der Waals surface area contributed by atoms with E-state index < -0.39 is 0 Å². The third kappa shape index (κ3) is 4.33. The number of fused-ring (bicyclic) bond motifs is 1. The van der Waals surface area contributed by atoms with Crippen molar-refractivity contribution in [3.8, 4) is 11.4 Å². The fourth-order valence-electron chi connectivity index (χ4n) is 3.71. The van der Waals surface area contributed by atoms with Crippen molar-refractivity contribution in [3.63, 3.8) is 0 Å². The van der Waals surface area contributed by atoms with Crippen LogP contribution in [0.25, 0.3) is 16.7 Å². The Morgan fingerprint density at radius 3 is 2.62 bits per heavy atom. The molecule has 9 nitrogen and oxygen atoms in total. The number of amides is 1. The number of nitrogens with zero attached hydrogens (tertiary/aromatic N) is 6. The van der Waals surface area contributed by atoms with Crippen molar-refractivity contribution in [2.75, 3.05) is 7.11 Å². The Kier molecular flexibility index (Phi) is 5.92. The van der Waals surface area contributed by atoms with Crippen LogP contribution in [0.3, 0.4) is 0 Å². The molecule has 3 aromatic carbocycles. The summed E-state index contributed by atoms with van der Waals surface area (Å²) < 4.78 is 8.92. The SMILES string of the molecule is COc1cc(-n2cnnn2)c(Cl)cc1C(=O)NCc1ccc(Cn2cnc3ccccc32)cc1. The Hall–Kier alpha value is -4.24. The molecule has 0 atom stereocenters. The first kappa shape index (κ1) is 21.6. The number of carbonyl (C=O) groups excluding carboxylic acids is 1. The van der Waals surface area contributed by atoms with Gasteiger partial charge in [0.1, 0.15) is 12.1 Å². The maximum absolute atomic E-state index is 12.8. The molecule has 2 heterocycles. The standard InChI is InChI=1S/C24H20ClN7O2/c1-34-23-11-22(32-15-28-29-30-32)19(25)10-18(23)24(33)26-12-16-6-8-17(9-7-16)13-31-14-27-20-4-2-3-5-21(20)31/h2-11,14-15H,12-13H2,1H3,(H,26,33). The van der Waals surface area contributed by atoms with Crippen molar-refractivity contribution in [3.05, 3.63) is 95.0 Å². The molecule has 1 N–H and O–H groups in total. The molecule has 2 aromatic heterocycles. The second kappa shape index (κ2) is 9.32. The average molecular weight is 474 g/mol. The van der Waals surface area contributed by atoms with Crippen molar-refractivity contribution >= 4 is 28.5 Å². The molecule has 10 heteroatoms. The van der Waals surface area contributed by atoms with E-state index in [-0.39, 0.29) is 5.91 Å². The highest BCUT2D eigenvalue weighted by molar-refractivity contribution is 6.33. The Balaban J connectivity index is 1.26. The van der Waals surface area contributed by atoms with E-state index in [4.69, 9.17) is 16.3 Å². The summed E-state index contributed by atoms with van der Waals surface area (Å²) in [5, 5.41) is 14.3. The van der Waals surface area contributed by atoms with Gasteiger partial charge in [-0.25, -0.2) is 4.98 Å². The smallest absolute Gasteiger partial charge is 0.255 e. The molecule has 0 aliphatic carbocycles. The first-order chi connectivity index (χ1) is 16.6. The third-order valence-electron chi connectivity index (χ3n) is 5.47. The van der Waals surface area contributed by atoms with Crippen molar-refractivity contribution < 1.29 is 9.53 Å². The zero-order valence-corrected chi connectivity index (χ0v) is 19.0. The number of benzene rings is 3. The van der Waals surface area contributed by atoms with Gasteiger partial charge in [0.2, 0.25) is 0 Å². The minimum atomic E-state index is -0.295. The van der Waals surface area contributed by atoms with Gasteiger partial charge in [-0.15, -0.1) is 5.10 Å². The summed E-state index contributed by atoms with van der Waals surface area (Å²) in [7, 11) is 1.49. The topological polar surface area (TPSA) is 99.8 Å². The van der Waals surface area contributed by atoms with Crippen LogP contribution in [0.2, 0.25) is 5.02 Å². The van der Waals surface area contributed by atoms with E-state index in [1.54, 1.807) is 12.1 Å². The molecule has 0 aliphatic rings. The van der Waals surface area contributed by atoms with Crippen molar-refractivity contribution in [1.82, 2.24) is 35.1 Å². The number of aromatic nitrogens is 6. The maximum Gasteiger partial charge on any atom is 0.255 e. The molecule has 0 radical (unpaired) electrons. The Labute approximate surface area is 199 Å². The van der Waals surface area contributed by atoms with Gasteiger partial charge in [-0.2, -0.15) is 4.68 Å². The summed E-state index contributed by atoms with van der Waals surface area (Å²) in [4.78, 5) is 17.3. The van der Waals surface area contributed by atoms with E-state index in [2.05, 4.69) is 48.6 Å². The lowest BCUT2D eigenvalue weighted by atomic mass is 10.1. The van der Waals surface area contributed by atoms with Crippen LogP contribution in [0.5, 0.6) is 5.75 Å². The monoisotopic (exact) mass is 473 g/mol. The Morgan fingerprint density at radius 1 is 1.06 bits per heavy atom. The highest BCUT2D eigenvalue weighted by Crippen LogP contribution is 2.29. The van der Waals surface area contributed by atoms with Crippen LogP contribution in [0.1, 0.15) is 21.5 Å². The van der Waals surface area contributed by atoms with E-state index in [0.29, 0.717) is 28.6 Å². The van der Waals surface area contributed by atoms with Gasteiger partial charge in [-0.05, 0) is 39.8 Å². The maximum atomic E-state index is 12.8. The normalized spacial score (nSPS) is 11.0. The second-order valence-corrected chi connectivity index (χ2v) is 8.03. The van der Waals surface area contributed by atoms with Crippen LogP contribution in [-0.2, 0) is 13.1 Å². The summed E-state index contributed by atoms with van der Waals surface area (Å²) >= 11 is 6.36. The number of methoxy groups -OCH3 is 1. The Morgan fingerprint density at radius 2 is 1.85 bits per heavy atom. The predicted molar refractivity (Wildman–Crippen MR) is 127 cm³/mol. The number of ether oxygens (including phenoxy) is 1. The number of rotatable bonds is 7. The minimum Gasteiger partial charge on any atom is -0.496 e. The van der Waals surface area contributed by atoms with Crippen LogP contribution >= 0.6 is 11.6 Å². The summed E-state index contributed by atoms with van der Waals surface area (Å²) in [5.74, 6) is 0.0753. The number of nitrogens with one attached hydrogen (secondary N) is 1. The first-order valence-corrected chi connectivity index (χ1v) is 10.9. The molecule has 0 saturated heterocycles. The van der Waals surface area contributed by atoms with Crippen LogP contribution in [0, 0.1) is 0 Å². The lowest BCUT2D eigenvalue weighted by molar-refractivity contribution is 0.0948. The van der Waals surface area contributed by atoms with Gasteiger partial charge >= 0.3 is 0 Å². The number of imidazole rings is 1. The number of para-hydroxylation sites is 2. The zero-order chi connectivity index (χ0) is 23.5. The molecule has 170 valence electrons. The number of hydrogen-bond donors (Lipinski definition) is 1. The molecular formula is C24H20ClN7O2. The number of hydrogen-bond acceptors (Lipinski definition) is 6. The van der Waals surface area contributed by atoms with Crippen molar-refractivity contribution in [2.24, 2.45) is 0 Å². The van der Waals surface area contributed by atoms with E-state index in [0.717, 1.165) is 28.7 Å². The van der Waals surface area contributed by atoms with Gasteiger partial charge in [0.25, 0.3) is 5.91 Å². The summed E-state index contributed by atoms with van der Waals surface area (Å²) in [6.07, 6.45) is 3.27. The van der Waals surface area contributed by atoms with Gasteiger partial charge in [0.05, 0.1) is 40.7 Å². The van der Waals surface area contributed by atoms with Gasteiger partial charge in [-0.3, -0.25) is 4.79 Å². The molecule has 0 bridgehead atoms. The average Bonchev–Trinajstić information content (AvgIpc) is 3.54. The molecule has 1 amide bonds. The van der Waals surface area contributed by atoms with Crippen molar-refractivity contribution in [1.29, 1.82) is 0 Å². The number of carbonyl (C=O) groups is 1. The lowest BCUT2D eigenvalue weighted by Gasteiger charge is -2.13. The van der Waals surface area contributed by atoms with Gasteiger partial charge < -0.3 is 14.6 Å². The van der Waals surface area contributed by atoms with Crippen LogP contribution in [0.15, 0.2) is 73.3 Å². The number of halogens is 1.